The number of nitriles is 4. The highest BCUT2D eigenvalue weighted by Crippen LogP contribution is 2.49. The summed E-state index contributed by atoms with van der Waals surface area (Å²) in [6.07, 6.45) is 1.91. The zero-order chi connectivity index (χ0) is 15.0. The summed E-state index contributed by atoms with van der Waals surface area (Å²) in [5, 5.41) is 36.6. The van der Waals surface area contributed by atoms with Gasteiger partial charge >= 0.3 is 0 Å². The minimum Gasteiger partial charge on any atom is -0.374 e. The van der Waals surface area contributed by atoms with E-state index < -0.39 is 0 Å². The fraction of sp³-hybridized carbons (Fsp3) is 0.500. The van der Waals surface area contributed by atoms with Crippen LogP contribution in [0.3, 0.4) is 0 Å². The molecule has 102 valence electrons. The lowest BCUT2D eigenvalue weighted by Gasteiger charge is -2.29. The lowest BCUT2D eigenvalue weighted by atomic mass is 9.71. The molecule has 0 aromatic heterocycles. The minimum atomic E-state index is -0.0651. The quantitative estimate of drug-likeness (QED) is 0.674. The van der Waals surface area contributed by atoms with Gasteiger partial charge in [0.15, 0.2) is 0 Å². The third-order valence-corrected chi connectivity index (χ3v) is 4.81. The maximum absolute atomic E-state index is 9.18. The molecule has 0 saturated carbocycles. The molecule has 0 amide bonds. The van der Waals surface area contributed by atoms with Gasteiger partial charge in [0.05, 0.1) is 36.5 Å². The predicted molar refractivity (Wildman–Crippen MR) is 70.6 cm³/mol. The van der Waals surface area contributed by atoms with Crippen LogP contribution in [0.25, 0.3) is 0 Å². The molecule has 0 spiro atoms. The lowest BCUT2D eigenvalue weighted by molar-refractivity contribution is 0.0270. The summed E-state index contributed by atoms with van der Waals surface area (Å²) in [5.74, 6) is 0.343. The molecule has 0 aromatic rings. The maximum Gasteiger partial charge on any atom is 0.0958 e. The number of ether oxygens (including phenoxy) is 1. The van der Waals surface area contributed by atoms with Gasteiger partial charge in [0.2, 0.25) is 0 Å². The maximum atomic E-state index is 9.18. The van der Waals surface area contributed by atoms with Crippen LogP contribution in [-0.2, 0) is 4.74 Å². The molecule has 0 bridgehead atoms. The highest BCUT2D eigenvalue weighted by Gasteiger charge is 2.49. The first kappa shape index (κ1) is 13.4. The summed E-state index contributed by atoms with van der Waals surface area (Å²) < 4.78 is 6.03. The van der Waals surface area contributed by atoms with Crippen molar-refractivity contribution < 1.29 is 4.74 Å². The Hall–Kier alpha value is -2.60. The Labute approximate surface area is 123 Å². The van der Waals surface area contributed by atoms with Crippen LogP contribution in [0.2, 0.25) is 0 Å². The third-order valence-electron chi connectivity index (χ3n) is 4.81. The zero-order valence-electron chi connectivity index (χ0n) is 11.3. The largest absolute Gasteiger partial charge is 0.374 e. The first-order valence-electron chi connectivity index (χ1n) is 6.91. The van der Waals surface area contributed by atoms with Gasteiger partial charge < -0.3 is 4.74 Å². The third kappa shape index (κ3) is 2.00. The molecule has 3 rings (SSSR count). The number of hydrogen-bond acceptors (Lipinski definition) is 5. The summed E-state index contributed by atoms with van der Waals surface area (Å²) in [5.41, 5.74) is 2.14. The van der Waals surface area contributed by atoms with Crippen molar-refractivity contribution in [3.63, 3.8) is 0 Å². The fourth-order valence-electron chi connectivity index (χ4n) is 3.76. The summed E-state index contributed by atoms with van der Waals surface area (Å²) in [6.45, 7) is 0. The van der Waals surface area contributed by atoms with Gasteiger partial charge in [-0.05, 0) is 24.7 Å². The zero-order valence-corrected chi connectivity index (χ0v) is 11.3. The van der Waals surface area contributed by atoms with E-state index in [1.165, 1.54) is 0 Å². The first-order valence-corrected chi connectivity index (χ1v) is 6.91. The van der Waals surface area contributed by atoms with Crippen molar-refractivity contribution in [2.24, 2.45) is 11.8 Å². The van der Waals surface area contributed by atoms with E-state index in [1.807, 2.05) is 0 Å². The normalized spacial score (nSPS) is 34.1. The molecule has 4 atom stereocenters. The molecule has 3 aliphatic rings. The Morgan fingerprint density at radius 2 is 0.952 bits per heavy atom. The van der Waals surface area contributed by atoms with E-state index in [0.717, 1.165) is 0 Å². The molecule has 5 nitrogen and oxygen atoms in total. The Balaban J connectivity index is 1.90. The van der Waals surface area contributed by atoms with Crippen LogP contribution in [0, 0.1) is 57.2 Å². The number of allylic oxidation sites excluding steroid dienone is 2. The van der Waals surface area contributed by atoms with Gasteiger partial charge in [-0.15, -0.1) is 0 Å². The fourth-order valence-corrected chi connectivity index (χ4v) is 3.76. The topological polar surface area (TPSA) is 104 Å². The van der Waals surface area contributed by atoms with Gasteiger partial charge in [-0.25, -0.2) is 0 Å². The van der Waals surface area contributed by atoms with Crippen molar-refractivity contribution in [3.05, 3.63) is 22.3 Å². The second-order valence-electron chi connectivity index (χ2n) is 5.72. The van der Waals surface area contributed by atoms with E-state index in [-0.39, 0.29) is 24.0 Å². The van der Waals surface area contributed by atoms with Gasteiger partial charge in [0, 0.05) is 35.1 Å². The van der Waals surface area contributed by atoms with E-state index in [1.54, 1.807) is 0 Å². The van der Waals surface area contributed by atoms with Crippen LogP contribution >= 0.6 is 0 Å². The molecule has 4 unspecified atom stereocenters. The molecule has 1 heterocycles. The van der Waals surface area contributed by atoms with Crippen molar-refractivity contribution >= 4 is 0 Å². The Morgan fingerprint density at radius 1 is 0.619 bits per heavy atom. The van der Waals surface area contributed by atoms with Gasteiger partial charge in [-0.2, -0.15) is 21.0 Å². The highest BCUT2D eigenvalue weighted by molar-refractivity contribution is 5.43. The second kappa shape index (κ2) is 5.06. The van der Waals surface area contributed by atoms with Crippen molar-refractivity contribution in [2.45, 2.75) is 37.9 Å². The molecular formula is C16H12N4O. The van der Waals surface area contributed by atoms with Crippen LogP contribution < -0.4 is 0 Å². The van der Waals surface area contributed by atoms with E-state index in [2.05, 4.69) is 24.3 Å². The molecular weight excluding hydrogens is 264 g/mol. The Bertz CT molecular complexity index is 657. The van der Waals surface area contributed by atoms with Crippen LogP contribution in [0.15, 0.2) is 22.3 Å². The molecule has 5 heteroatoms. The van der Waals surface area contributed by atoms with Gasteiger partial charge in [0.1, 0.15) is 0 Å². The predicted octanol–water partition coefficient (Wildman–Crippen LogP) is 2.26. The van der Waals surface area contributed by atoms with E-state index in [9.17, 15) is 10.5 Å². The smallest absolute Gasteiger partial charge is 0.0958 e. The number of fused-ring (bicyclic) bond motifs is 3. The first-order chi connectivity index (χ1) is 10.2. The SMILES string of the molecule is N#CC1=C(C#N)CC2C(C1)OC1CC(C#N)=C(C#N)CC12. The van der Waals surface area contributed by atoms with Crippen molar-refractivity contribution in [3.8, 4) is 24.3 Å². The van der Waals surface area contributed by atoms with E-state index in [0.29, 0.717) is 48.0 Å². The van der Waals surface area contributed by atoms with E-state index in [4.69, 9.17) is 15.3 Å². The van der Waals surface area contributed by atoms with Gasteiger partial charge in [-0.1, -0.05) is 0 Å². The molecule has 21 heavy (non-hydrogen) atoms. The molecule has 0 N–H and O–H groups in total. The molecule has 0 aromatic carbocycles. The van der Waals surface area contributed by atoms with Crippen LogP contribution in [-0.4, -0.2) is 12.2 Å². The van der Waals surface area contributed by atoms with Crippen molar-refractivity contribution in [1.29, 1.82) is 21.0 Å². The number of hydrogen-bond donors (Lipinski definition) is 0. The van der Waals surface area contributed by atoms with Gasteiger partial charge in [0.25, 0.3) is 0 Å². The Kier molecular flexibility index (Phi) is 3.23. The lowest BCUT2D eigenvalue weighted by Crippen LogP contribution is -2.28. The molecule has 1 aliphatic heterocycles. The van der Waals surface area contributed by atoms with Crippen LogP contribution in [0.5, 0.6) is 0 Å². The van der Waals surface area contributed by atoms with E-state index >= 15 is 0 Å². The van der Waals surface area contributed by atoms with Crippen molar-refractivity contribution in [2.75, 3.05) is 0 Å². The second-order valence-corrected chi connectivity index (χ2v) is 5.72. The monoisotopic (exact) mass is 276 g/mol. The molecule has 2 aliphatic carbocycles. The molecule has 1 saturated heterocycles. The summed E-state index contributed by atoms with van der Waals surface area (Å²) in [7, 11) is 0. The summed E-state index contributed by atoms with van der Waals surface area (Å²) in [6, 6.07) is 8.46. The number of nitrogens with zero attached hydrogens (tertiary/aromatic N) is 4. The summed E-state index contributed by atoms with van der Waals surface area (Å²) in [4.78, 5) is 0. The average molecular weight is 276 g/mol. The minimum absolute atomic E-state index is 0.0651. The highest BCUT2D eigenvalue weighted by atomic mass is 16.5. The average Bonchev–Trinajstić information content (AvgIpc) is 2.88. The number of rotatable bonds is 0. The van der Waals surface area contributed by atoms with Crippen LogP contribution in [0.1, 0.15) is 25.7 Å². The standard InChI is InChI=1S/C16H12N4O/c17-5-9-1-13-14-2-10(6-18)12(8-20)4-16(14)21-15(13)3-11(9)7-19/h13-16H,1-4H2. The van der Waals surface area contributed by atoms with Crippen LogP contribution in [0.4, 0.5) is 0 Å². The summed E-state index contributed by atoms with van der Waals surface area (Å²) >= 11 is 0. The Morgan fingerprint density at radius 3 is 1.29 bits per heavy atom. The molecule has 1 fully saturated rings. The van der Waals surface area contributed by atoms with Gasteiger partial charge in [-0.3, -0.25) is 0 Å². The van der Waals surface area contributed by atoms with Crippen molar-refractivity contribution in [1.82, 2.24) is 0 Å². The molecule has 0 radical (unpaired) electrons.